The van der Waals surface area contributed by atoms with Crippen molar-refractivity contribution in [1.29, 1.82) is 0 Å². The summed E-state index contributed by atoms with van der Waals surface area (Å²) in [6.45, 7) is 7.58. The van der Waals surface area contributed by atoms with E-state index in [1.807, 2.05) is 0 Å². The predicted octanol–water partition coefficient (Wildman–Crippen LogP) is -0.383. The molecule has 4 N–H and O–H groups in total. The van der Waals surface area contributed by atoms with Gasteiger partial charge in [-0.15, -0.1) is 0 Å². The Morgan fingerprint density at radius 1 is 0.833 bits per heavy atom. The summed E-state index contributed by atoms with van der Waals surface area (Å²) in [5.74, 6) is 0. The van der Waals surface area contributed by atoms with Gasteiger partial charge in [-0.25, -0.2) is 0 Å². The van der Waals surface area contributed by atoms with Crippen LogP contribution in [0.5, 0.6) is 0 Å². The highest BCUT2D eigenvalue weighted by atomic mass is 16.4. The van der Waals surface area contributed by atoms with Crippen LogP contribution in [0.15, 0.2) is 0 Å². The normalized spacial score (nSPS) is 11.8. The molecule has 0 fully saturated rings. The lowest BCUT2D eigenvalue weighted by molar-refractivity contribution is -0.107. The molecule has 0 rings (SSSR count). The molecule has 12 heavy (non-hydrogen) atoms. The molecule has 5 heteroatoms. The van der Waals surface area contributed by atoms with Gasteiger partial charge in [0, 0.05) is 0 Å². The van der Waals surface area contributed by atoms with Gasteiger partial charge in [0.05, 0.1) is 11.2 Å². The lowest BCUT2D eigenvalue weighted by Gasteiger charge is -2.31. The quantitative estimate of drug-likeness (QED) is 0.412. The maximum absolute atomic E-state index is 9.10. The van der Waals surface area contributed by atoms with Gasteiger partial charge in [0.1, 0.15) is 0 Å². The first-order chi connectivity index (χ1) is 4.98. The van der Waals surface area contributed by atoms with Gasteiger partial charge in [0.25, 0.3) is 0 Å². The molecule has 0 aliphatic rings. The first kappa shape index (κ1) is 14.4. The summed E-state index contributed by atoms with van der Waals surface area (Å²) < 4.78 is 0. The molecule has 0 saturated carbocycles. The molecule has 0 aromatic rings. The van der Waals surface area contributed by atoms with Gasteiger partial charge >= 0.3 is 7.12 Å². The Morgan fingerprint density at radius 2 is 0.917 bits per heavy atom. The van der Waals surface area contributed by atoms with Crippen LogP contribution in [-0.2, 0) is 0 Å². The molecule has 4 nitrogen and oxygen atoms in total. The summed E-state index contributed by atoms with van der Waals surface area (Å²) in [5.41, 5.74) is -2.01. The molecule has 74 valence electrons. The van der Waals surface area contributed by atoms with Crippen molar-refractivity contribution in [3.63, 3.8) is 0 Å². The third-order valence-electron chi connectivity index (χ3n) is 1.50. The fourth-order valence-electron chi connectivity index (χ4n) is 0. The zero-order chi connectivity index (χ0) is 10.6. The van der Waals surface area contributed by atoms with Crippen LogP contribution in [0, 0.1) is 0 Å². The van der Waals surface area contributed by atoms with E-state index in [4.69, 9.17) is 20.3 Å². The molecular weight excluding hydrogens is 159 g/mol. The van der Waals surface area contributed by atoms with Gasteiger partial charge in [-0.3, -0.25) is 0 Å². The van der Waals surface area contributed by atoms with Crippen LogP contribution in [0.3, 0.4) is 0 Å². The number of hydrogen-bond donors (Lipinski definition) is 4. The third-order valence-corrected chi connectivity index (χ3v) is 1.50. The lowest BCUT2D eigenvalue weighted by Crippen LogP contribution is -2.44. The monoisotopic (exact) mass is 178 g/mol. The van der Waals surface area contributed by atoms with Crippen molar-refractivity contribution in [3.8, 4) is 0 Å². The second kappa shape index (κ2) is 4.82. The second-order valence-electron chi connectivity index (χ2n) is 3.75. The molecule has 0 radical (unpaired) electrons. The second-order valence-corrected chi connectivity index (χ2v) is 3.75. The summed E-state index contributed by atoms with van der Waals surface area (Å²) in [6, 6.07) is 0. The van der Waals surface area contributed by atoms with E-state index in [0.717, 1.165) is 0 Å². The van der Waals surface area contributed by atoms with Crippen LogP contribution in [0.1, 0.15) is 27.7 Å². The van der Waals surface area contributed by atoms with Crippen LogP contribution in [0.25, 0.3) is 0 Å². The first-order valence-corrected chi connectivity index (χ1v) is 3.79. The van der Waals surface area contributed by atoms with Crippen molar-refractivity contribution in [2.75, 3.05) is 0 Å². The molecule has 0 aliphatic carbocycles. The Labute approximate surface area is 74.0 Å². The van der Waals surface area contributed by atoms with E-state index in [-0.39, 0.29) is 0 Å². The molecule has 0 aromatic carbocycles. The highest BCUT2D eigenvalue weighted by Crippen LogP contribution is 2.19. The smallest absolute Gasteiger partial charge is 0.427 e. The number of hydrogen-bond acceptors (Lipinski definition) is 4. The van der Waals surface area contributed by atoms with Crippen LogP contribution in [-0.4, -0.2) is 38.6 Å². The summed E-state index contributed by atoms with van der Waals surface area (Å²) in [6.07, 6.45) is 0. The Balaban J connectivity index is 0. The van der Waals surface area contributed by atoms with Gasteiger partial charge in [-0.1, -0.05) is 0 Å². The summed E-state index contributed by atoms with van der Waals surface area (Å²) in [7, 11) is -1.17. The average Bonchev–Trinajstić information content (AvgIpc) is 1.55. The summed E-state index contributed by atoms with van der Waals surface area (Å²) in [5, 5.41) is 33.4. The number of aliphatic hydroxyl groups is 2. The Kier molecular flexibility index (Phi) is 5.79. The molecule has 0 atom stereocenters. The average molecular weight is 178 g/mol. The molecule has 0 aromatic heterocycles. The third kappa shape index (κ3) is 9.90. The van der Waals surface area contributed by atoms with Gasteiger partial charge in [0.2, 0.25) is 0 Å². The first-order valence-electron chi connectivity index (χ1n) is 3.79. The molecule has 0 bridgehead atoms. The van der Waals surface area contributed by atoms with Crippen molar-refractivity contribution < 1.29 is 20.3 Å². The van der Waals surface area contributed by atoms with Gasteiger partial charge in [-0.05, 0) is 34.5 Å². The maximum atomic E-state index is 9.10. The molecule has 0 unspecified atom stereocenters. The van der Waals surface area contributed by atoms with E-state index < -0.39 is 18.3 Å². The van der Waals surface area contributed by atoms with Crippen molar-refractivity contribution in [1.82, 2.24) is 0 Å². The minimum Gasteiger partial charge on any atom is -0.427 e. The van der Waals surface area contributed by atoms with E-state index in [0.29, 0.717) is 0 Å². The van der Waals surface area contributed by atoms with Gasteiger partial charge < -0.3 is 20.3 Å². The van der Waals surface area contributed by atoms with Crippen LogP contribution < -0.4 is 0 Å². The van der Waals surface area contributed by atoms with Crippen molar-refractivity contribution >= 4 is 7.12 Å². The predicted molar refractivity (Wildman–Crippen MR) is 48.7 cm³/mol. The van der Waals surface area contributed by atoms with E-state index in [1.165, 1.54) is 6.82 Å². The SMILES string of the molecule is CB(O)O.CC(C)(O)C(C)(C)O. The fourth-order valence-corrected chi connectivity index (χ4v) is 0. The van der Waals surface area contributed by atoms with Crippen molar-refractivity contribution in [2.45, 2.75) is 45.7 Å². The van der Waals surface area contributed by atoms with Crippen LogP contribution in [0.2, 0.25) is 6.82 Å². The molecule has 0 aliphatic heterocycles. The zero-order valence-electron chi connectivity index (χ0n) is 8.37. The standard InChI is InChI=1S/C6H14O2.CH5BO2/c1-5(2,7)6(3,4)8;1-2(3)4/h7-8H,1-4H3;3-4H,1H3. The highest BCUT2D eigenvalue weighted by Gasteiger charge is 2.31. The Morgan fingerprint density at radius 3 is 0.917 bits per heavy atom. The minimum absolute atomic E-state index is 1.01. The van der Waals surface area contributed by atoms with E-state index in [2.05, 4.69) is 0 Å². The maximum Gasteiger partial charge on any atom is 0.448 e. The molecular formula is C7H19BO4. The molecule has 0 heterocycles. The van der Waals surface area contributed by atoms with E-state index >= 15 is 0 Å². The molecule has 0 saturated heterocycles. The highest BCUT2D eigenvalue weighted by molar-refractivity contribution is 6.38. The summed E-state index contributed by atoms with van der Waals surface area (Å²) in [4.78, 5) is 0. The molecule has 0 spiro atoms. The van der Waals surface area contributed by atoms with Crippen molar-refractivity contribution in [3.05, 3.63) is 0 Å². The van der Waals surface area contributed by atoms with Crippen LogP contribution in [0.4, 0.5) is 0 Å². The minimum atomic E-state index is -1.17. The fraction of sp³-hybridized carbons (Fsp3) is 1.00. The molecule has 0 amide bonds. The van der Waals surface area contributed by atoms with E-state index in [1.54, 1.807) is 27.7 Å². The zero-order valence-corrected chi connectivity index (χ0v) is 8.37. The summed E-state index contributed by atoms with van der Waals surface area (Å²) >= 11 is 0. The Bertz CT molecular complexity index is 96.8. The largest absolute Gasteiger partial charge is 0.448 e. The van der Waals surface area contributed by atoms with Crippen molar-refractivity contribution in [2.24, 2.45) is 0 Å². The Hall–Kier alpha value is -0.0951. The number of rotatable bonds is 1. The van der Waals surface area contributed by atoms with E-state index in [9.17, 15) is 0 Å². The lowest BCUT2D eigenvalue weighted by atomic mass is 9.90. The van der Waals surface area contributed by atoms with Gasteiger partial charge in [-0.2, -0.15) is 0 Å². The van der Waals surface area contributed by atoms with Crippen LogP contribution >= 0.6 is 0 Å². The topological polar surface area (TPSA) is 80.9 Å². The van der Waals surface area contributed by atoms with Gasteiger partial charge in [0.15, 0.2) is 0 Å².